The minimum absolute atomic E-state index is 0.278. The largest absolute Gasteiger partial charge is 0.381 e. The van der Waals surface area contributed by atoms with Crippen LogP contribution in [-0.4, -0.2) is 49.7 Å². The lowest BCUT2D eigenvalue weighted by Gasteiger charge is -2.36. The average Bonchev–Trinajstić information content (AvgIpc) is 3.18. The van der Waals surface area contributed by atoms with Gasteiger partial charge in [-0.15, -0.1) is 0 Å². The number of rotatable bonds is 7. The second kappa shape index (κ2) is 8.37. The van der Waals surface area contributed by atoms with Crippen LogP contribution in [0, 0.1) is 5.82 Å². The summed E-state index contributed by atoms with van der Waals surface area (Å²) >= 11 is 0. The molecule has 1 atom stereocenters. The molecule has 3 rings (SSSR count). The van der Waals surface area contributed by atoms with Gasteiger partial charge in [0.2, 0.25) is 0 Å². The summed E-state index contributed by atoms with van der Waals surface area (Å²) < 4.78 is 34.0. The molecule has 1 aromatic carbocycles. The predicted octanol–water partition coefficient (Wildman–Crippen LogP) is 2.55. The summed E-state index contributed by atoms with van der Waals surface area (Å²) in [5, 5.41) is 6.93. The van der Waals surface area contributed by atoms with Crippen LogP contribution in [0.25, 0.3) is 0 Å². The number of H-pyrrole nitrogens is 1. The highest BCUT2D eigenvalue weighted by Gasteiger charge is 2.39. The fraction of sp³-hybridized carbons (Fsp3) is 0.556. The Balaban J connectivity index is 1.91. The molecule has 0 radical (unpaired) electrons. The minimum atomic E-state index is -1.13. The first-order valence-corrected chi connectivity index (χ1v) is 10.4. The number of nitrogens with zero attached hydrogens (tertiary/aromatic N) is 3. The lowest BCUT2D eigenvalue weighted by Crippen LogP contribution is -2.36. The van der Waals surface area contributed by atoms with Gasteiger partial charge in [-0.1, -0.05) is 19.1 Å². The number of ether oxygens (including phenoxy) is 1. The molecule has 6 nitrogen and oxygen atoms in total. The van der Waals surface area contributed by atoms with E-state index < -0.39 is 16.4 Å². The van der Waals surface area contributed by atoms with Crippen LogP contribution in [-0.2, 0) is 27.7 Å². The van der Waals surface area contributed by atoms with Crippen molar-refractivity contribution in [3.63, 3.8) is 0 Å². The van der Waals surface area contributed by atoms with E-state index in [4.69, 9.17) is 4.74 Å². The van der Waals surface area contributed by atoms with Crippen molar-refractivity contribution in [1.82, 2.24) is 19.5 Å². The summed E-state index contributed by atoms with van der Waals surface area (Å²) in [7, 11) is -1.13. The van der Waals surface area contributed by atoms with E-state index in [2.05, 4.69) is 15.2 Å². The lowest BCUT2D eigenvalue weighted by atomic mass is 9.73. The molecular formula is C18H25FN4O2S. The van der Waals surface area contributed by atoms with Crippen molar-refractivity contribution in [2.45, 2.75) is 38.1 Å². The molecule has 1 unspecified atom stereocenters. The van der Waals surface area contributed by atoms with Gasteiger partial charge in [-0.05, 0) is 30.9 Å². The van der Waals surface area contributed by atoms with Crippen molar-refractivity contribution in [2.75, 3.05) is 26.0 Å². The monoisotopic (exact) mass is 380 g/mol. The maximum absolute atomic E-state index is 14.9. The molecule has 2 aromatic rings. The molecule has 0 spiro atoms. The van der Waals surface area contributed by atoms with E-state index in [1.165, 1.54) is 6.33 Å². The van der Waals surface area contributed by atoms with Crippen molar-refractivity contribution in [3.8, 4) is 0 Å². The molecule has 1 aliphatic heterocycles. The van der Waals surface area contributed by atoms with Gasteiger partial charge in [0.15, 0.2) is 0 Å². The van der Waals surface area contributed by atoms with Gasteiger partial charge in [-0.3, -0.25) is 5.10 Å². The third-order valence-electron chi connectivity index (χ3n) is 5.00. The first-order chi connectivity index (χ1) is 12.6. The van der Waals surface area contributed by atoms with Crippen LogP contribution in [0.4, 0.5) is 4.39 Å². The zero-order valence-electron chi connectivity index (χ0n) is 15.2. The molecule has 26 heavy (non-hydrogen) atoms. The Kier molecular flexibility index (Phi) is 6.16. The van der Waals surface area contributed by atoms with E-state index in [9.17, 15) is 8.60 Å². The molecule has 0 aliphatic carbocycles. The summed E-state index contributed by atoms with van der Waals surface area (Å²) in [6, 6.07) is 5.34. The third-order valence-corrected chi connectivity index (χ3v) is 6.04. The van der Waals surface area contributed by atoms with E-state index in [1.54, 1.807) is 22.7 Å². The van der Waals surface area contributed by atoms with Gasteiger partial charge in [-0.2, -0.15) is 5.10 Å². The highest BCUT2D eigenvalue weighted by atomic mass is 32.2. The fourth-order valence-corrected chi connectivity index (χ4v) is 4.29. The maximum atomic E-state index is 14.9. The second-order valence-corrected chi connectivity index (χ2v) is 7.99. The van der Waals surface area contributed by atoms with E-state index in [0.717, 1.165) is 30.7 Å². The third kappa shape index (κ3) is 3.87. The summed E-state index contributed by atoms with van der Waals surface area (Å²) in [5.41, 5.74) is 1.01. The van der Waals surface area contributed by atoms with Crippen molar-refractivity contribution < 1.29 is 13.3 Å². The van der Waals surface area contributed by atoms with Crippen LogP contribution >= 0.6 is 0 Å². The standard InChI is InChI=1S/C18H25FN4O2S/c1-3-8-23(26(2)24)12-14-4-5-15(11-16(14)19)18(6-9-25-10-7-18)17-20-13-21-22-17/h4-5,11,13H,3,6-10,12H2,1-2H3,(H,20,21,22). The number of aromatic nitrogens is 3. The molecule has 0 bridgehead atoms. The van der Waals surface area contributed by atoms with Crippen molar-refractivity contribution in [1.29, 1.82) is 0 Å². The molecule has 1 aromatic heterocycles. The number of halogens is 1. The lowest BCUT2D eigenvalue weighted by molar-refractivity contribution is 0.0605. The Labute approximate surface area is 155 Å². The molecular weight excluding hydrogens is 355 g/mol. The molecule has 2 heterocycles. The van der Waals surface area contributed by atoms with Gasteiger partial charge in [0.1, 0.15) is 18.0 Å². The quantitative estimate of drug-likeness (QED) is 0.801. The second-order valence-electron chi connectivity index (χ2n) is 6.62. The van der Waals surface area contributed by atoms with Crippen molar-refractivity contribution in [2.24, 2.45) is 0 Å². The van der Waals surface area contributed by atoms with E-state index >= 15 is 0 Å². The SMILES string of the molecule is CCCN(Cc1ccc(C2(c3ncn[nH]3)CCOCC2)cc1F)S(C)=O. The molecule has 142 valence electrons. The predicted molar refractivity (Wildman–Crippen MR) is 98.4 cm³/mol. The molecule has 1 aliphatic rings. The smallest absolute Gasteiger partial charge is 0.137 e. The van der Waals surface area contributed by atoms with Gasteiger partial charge in [0.25, 0.3) is 0 Å². The minimum Gasteiger partial charge on any atom is -0.381 e. The van der Waals surface area contributed by atoms with Crippen LogP contribution in [0.5, 0.6) is 0 Å². The summed E-state index contributed by atoms with van der Waals surface area (Å²) in [4.78, 5) is 4.34. The van der Waals surface area contributed by atoms with Gasteiger partial charge < -0.3 is 4.74 Å². The normalized spacial score (nSPS) is 18.2. The molecule has 0 saturated carbocycles. The Hall–Kier alpha value is -1.64. The Morgan fingerprint density at radius 3 is 2.73 bits per heavy atom. The van der Waals surface area contributed by atoms with Crippen molar-refractivity contribution >= 4 is 11.0 Å². The van der Waals surface area contributed by atoms with E-state index in [0.29, 0.717) is 31.9 Å². The van der Waals surface area contributed by atoms with Crippen LogP contribution in [0.1, 0.15) is 43.1 Å². The summed E-state index contributed by atoms with van der Waals surface area (Å²) in [5.74, 6) is 0.467. The van der Waals surface area contributed by atoms with Gasteiger partial charge in [0.05, 0.1) is 16.4 Å². The maximum Gasteiger partial charge on any atom is 0.137 e. The van der Waals surface area contributed by atoms with E-state index in [1.807, 2.05) is 13.0 Å². The molecule has 8 heteroatoms. The summed E-state index contributed by atoms with van der Waals surface area (Å²) in [6.45, 7) is 4.23. The fourth-order valence-electron chi connectivity index (χ4n) is 3.53. The van der Waals surface area contributed by atoms with Crippen LogP contribution < -0.4 is 0 Å². The van der Waals surface area contributed by atoms with Crippen molar-refractivity contribution in [3.05, 3.63) is 47.3 Å². The number of hydrogen-bond acceptors (Lipinski definition) is 4. The number of aromatic amines is 1. The topological polar surface area (TPSA) is 71.1 Å². The Bertz CT molecular complexity index is 748. The first-order valence-electron chi connectivity index (χ1n) is 8.88. The molecule has 1 fully saturated rings. The van der Waals surface area contributed by atoms with Crippen LogP contribution in [0.15, 0.2) is 24.5 Å². The zero-order valence-corrected chi connectivity index (χ0v) is 16.0. The number of nitrogens with one attached hydrogen (secondary N) is 1. The Morgan fingerprint density at radius 1 is 1.38 bits per heavy atom. The average molecular weight is 380 g/mol. The van der Waals surface area contributed by atoms with E-state index in [-0.39, 0.29) is 5.82 Å². The van der Waals surface area contributed by atoms with Gasteiger partial charge in [-0.25, -0.2) is 17.9 Å². The van der Waals surface area contributed by atoms with Crippen LogP contribution in [0.3, 0.4) is 0 Å². The number of benzene rings is 1. The Morgan fingerprint density at radius 2 is 2.15 bits per heavy atom. The summed E-state index contributed by atoms with van der Waals surface area (Å²) in [6.07, 6.45) is 5.43. The molecule has 1 saturated heterocycles. The number of hydrogen-bond donors (Lipinski definition) is 1. The van der Waals surface area contributed by atoms with Gasteiger partial charge in [0, 0.05) is 38.1 Å². The molecule has 0 amide bonds. The zero-order chi connectivity index (χ0) is 18.6. The van der Waals surface area contributed by atoms with Gasteiger partial charge >= 0.3 is 0 Å². The van der Waals surface area contributed by atoms with Crippen LogP contribution in [0.2, 0.25) is 0 Å². The molecule has 1 N–H and O–H groups in total. The highest BCUT2D eigenvalue weighted by Crippen LogP contribution is 2.39. The highest BCUT2D eigenvalue weighted by molar-refractivity contribution is 7.81. The first kappa shape index (κ1) is 19.1.